The zero-order valence-electron chi connectivity index (χ0n) is 10.2. The number of carboxylic acids is 1. The summed E-state index contributed by atoms with van der Waals surface area (Å²) in [6.07, 6.45) is 0.336. The van der Waals surface area contributed by atoms with Gasteiger partial charge in [-0.1, -0.05) is 11.6 Å². The zero-order valence-corrected chi connectivity index (χ0v) is 11.0. The molecule has 1 aliphatic heterocycles. The van der Waals surface area contributed by atoms with Crippen molar-refractivity contribution < 1.29 is 23.5 Å². The first kappa shape index (κ1) is 14.5. The normalized spacial score (nSPS) is 18.1. The predicted octanol–water partition coefficient (Wildman–Crippen LogP) is 2.56. The van der Waals surface area contributed by atoms with Crippen LogP contribution < -0.4 is 5.32 Å². The second-order valence-electron chi connectivity index (χ2n) is 4.44. The topological polar surface area (TPSA) is 69.6 Å². The average molecular weight is 305 g/mol. The number of halogens is 3. The van der Waals surface area contributed by atoms with Crippen LogP contribution in [0.1, 0.15) is 6.42 Å². The number of amides is 2. The van der Waals surface area contributed by atoms with Gasteiger partial charge in [-0.25, -0.2) is 13.6 Å². The average Bonchev–Trinajstić information content (AvgIpc) is 2.83. The molecule has 2 amide bonds. The summed E-state index contributed by atoms with van der Waals surface area (Å²) in [7, 11) is 0. The minimum atomic E-state index is -0.989. The number of anilines is 1. The van der Waals surface area contributed by atoms with Gasteiger partial charge in [-0.15, -0.1) is 0 Å². The highest BCUT2D eigenvalue weighted by molar-refractivity contribution is 6.33. The molecule has 1 fully saturated rings. The third-order valence-corrected chi connectivity index (χ3v) is 3.36. The van der Waals surface area contributed by atoms with Gasteiger partial charge in [-0.3, -0.25) is 4.79 Å². The molecule has 1 saturated heterocycles. The van der Waals surface area contributed by atoms with Crippen LogP contribution in [-0.2, 0) is 4.79 Å². The lowest BCUT2D eigenvalue weighted by Gasteiger charge is -2.17. The van der Waals surface area contributed by atoms with E-state index in [2.05, 4.69) is 5.32 Å². The largest absolute Gasteiger partial charge is 0.481 e. The Balaban J connectivity index is 2.08. The van der Waals surface area contributed by atoms with Gasteiger partial charge in [0.1, 0.15) is 5.82 Å². The fourth-order valence-corrected chi connectivity index (χ4v) is 2.24. The van der Waals surface area contributed by atoms with E-state index >= 15 is 0 Å². The number of hydrogen-bond donors (Lipinski definition) is 2. The third kappa shape index (κ3) is 2.98. The van der Waals surface area contributed by atoms with Crippen molar-refractivity contribution in [1.82, 2.24) is 4.90 Å². The summed E-state index contributed by atoms with van der Waals surface area (Å²) < 4.78 is 26.4. The summed E-state index contributed by atoms with van der Waals surface area (Å²) in [5, 5.41) is 10.8. The molecule has 108 valence electrons. The van der Waals surface area contributed by atoms with Crippen LogP contribution in [0.4, 0.5) is 19.3 Å². The van der Waals surface area contributed by atoms with Gasteiger partial charge in [-0.05, 0) is 12.5 Å². The summed E-state index contributed by atoms with van der Waals surface area (Å²) in [6.45, 7) is 0.296. The first-order valence-electron chi connectivity index (χ1n) is 5.81. The molecule has 0 aliphatic carbocycles. The van der Waals surface area contributed by atoms with Crippen molar-refractivity contribution in [1.29, 1.82) is 0 Å². The maximum Gasteiger partial charge on any atom is 0.321 e. The standard InChI is InChI=1S/C12H11ClF2N2O3/c13-8-3-7(14)4-9(15)10(8)16-12(20)17-2-1-6(5-17)11(18)19/h3-4,6H,1-2,5H2,(H,16,20)(H,18,19). The molecule has 1 atom stereocenters. The van der Waals surface area contributed by atoms with E-state index in [0.29, 0.717) is 12.5 Å². The summed E-state index contributed by atoms with van der Waals surface area (Å²) in [6, 6.07) is 0.816. The molecule has 1 aromatic rings. The molecule has 8 heteroatoms. The second kappa shape index (κ2) is 5.62. The number of carbonyl (C=O) groups is 2. The predicted molar refractivity (Wildman–Crippen MR) is 67.7 cm³/mol. The highest BCUT2D eigenvalue weighted by Crippen LogP contribution is 2.27. The molecule has 1 unspecified atom stereocenters. The Hall–Kier alpha value is -1.89. The first-order valence-corrected chi connectivity index (χ1v) is 6.19. The van der Waals surface area contributed by atoms with Crippen molar-refractivity contribution in [2.75, 3.05) is 18.4 Å². The van der Waals surface area contributed by atoms with Crippen molar-refractivity contribution in [2.24, 2.45) is 5.92 Å². The van der Waals surface area contributed by atoms with E-state index in [-0.39, 0.29) is 23.8 Å². The van der Waals surface area contributed by atoms with Crippen LogP contribution >= 0.6 is 11.6 Å². The van der Waals surface area contributed by atoms with Crippen LogP contribution in [0.5, 0.6) is 0 Å². The highest BCUT2D eigenvalue weighted by Gasteiger charge is 2.31. The first-order chi connectivity index (χ1) is 9.38. The van der Waals surface area contributed by atoms with Gasteiger partial charge < -0.3 is 15.3 Å². The van der Waals surface area contributed by atoms with Crippen molar-refractivity contribution in [3.63, 3.8) is 0 Å². The number of carboxylic acid groups (broad SMARTS) is 1. The fourth-order valence-electron chi connectivity index (χ4n) is 1.99. The van der Waals surface area contributed by atoms with Crippen molar-refractivity contribution in [3.05, 3.63) is 28.8 Å². The maximum absolute atomic E-state index is 13.5. The molecule has 0 bridgehead atoms. The Morgan fingerprint density at radius 2 is 2.10 bits per heavy atom. The van der Waals surface area contributed by atoms with Crippen LogP contribution in [0, 0.1) is 17.6 Å². The minimum Gasteiger partial charge on any atom is -0.481 e. The quantitative estimate of drug-likeness (QED) is 0.882. The van der Waals surface area contributed by atoms with Gasteiger partial charge in [0.15, 0.2) is 5.82 Å². The Morgan fingerprint density at radius 1 is 1.40 bits per heavy atom. The molecule has 2 rings (SSSR count). The molecule has 0 spiro atoms. The lowest BCUT2D eigenvalue weighted by Crippen LogP contribution is -2.34. The smallest absolute Gasteiger partial charge is 0.321 e. The number of aliphatic carboxylic acids is 1. The number of nitrogens with zero attached hydrogens (tertiary/aromatic N) is 1. The summed E-state index contributed by atoms with van der Waals surface area (Å²) in [4.78, 5) is 23.9. The van der Waals surface area contributed by atoms with E-state index in [4.69, 9.17) is 16.7 Å². The van der Waals surface area contributed by atoms with E-state index in [1.165, 1.54) is 4.90 Å². The molecular formula is C12H11ClF2N2O3. The molecule has 1 heterocycles. The summed E-state index contributed by atoms with van der Waals surface area (Å²) in [5.74, 6) is -3.45. The summed E-state index contributed by atoms with van der Waals surface area (Å²) in [5.41, 5.74) is -0.322. The summed E-state index contributed by atoms with van der Waals surface area (Å²) >= 11 is 5.66. The number of carbonyl (C=O) groups excluding carboxylic acids is 1. The van der Waals surface area contributed by atoms with Gasteiger partial charge >= 0.3 is 12.0 Å². The highest BCUT2D eigenvalue weighted by atomic mass is 35.5. The Morgan fingerprint density at radius 3 is 2.65 bits per heavy atom. The van der Waals surface area contributed by atoms with Crippen molar-refractivity contribution >= 4 is 29.3 Å². The van der Waals surface area contributed by atoms with E-state index in [9.17, 15) is 18.4 Å². The molecular weight excluding hydrogens is 294 g/mol. The molecule has 0 aromatic heterocycles. The number of urea groups is 1. The number of nitrogens with one attached hydrogen (secondary N) is 1. The van der Waals surface area contributed by atoms with Gasteiger partial charge in [0, 0.05) is 19.2 Å². The minimum absolute atomic E-state index is 0.0433. The zero-order chi connectivity index (χ0) is 14.9. The van der Waals surface area contributed by atoms with Gasteiger partial charge in [0.25, 0.3) is 0 Å². The molecule has 1 aromatic carbocycles. The van der Waals surface area contributed by atoms with E-state index in [1.807, 2.05) is 0 Å². The molecule has 2 N–H and O–H groups in total. The number of rotatable bonds is 2. The van der Waals surface area contributed by atoms with E-state index in [0.717, 1.165) is 6.07 Å². The van der Waals surface area contributed by atoms with Crippen LogP contribution in [0.25, 0.3) is 0 Å². The molecule has 20 heavy (non-hydrogen) atoms. The Kier molecular flexibility index (Phi) is 4.08. The van der Waals surface area contributed by atoms with Crippen molar-refractivity contribution in [3.8, 4) is 0 Å². The van der Waals surface area contributed by atoms with Crippen molar-refractivity contribution in [2.45, 2.75) is 6.42 Å². The van der Waals surface area contributed by atoms with E-state index in [1.54, 1.807) is 0 Å². The molecule has 0 saturated carbocycles. The third-order valence-electron chi connectivity index (χ3n) is 3.06. The van der Waals surface area contributed by atoms with Crippen LogP contribution in [0.2, 0.25) is 5.02 Å². The second-order valence-corrected chi connectivity index (χ2v) is 4.85. The number of hydrogen-bond acceptors (Lipinski definition) is 2. The number of benzene rings is 1. The van der Waals surface area contributed by atoms with Crippen LogP contribution in [0.3, 0.4) is 0 Å². The van der Waals surface area contributed by atoms with Gasteiger partial charge in [-0.2, -0.15) is 0 Å². The van der Waals surface area contributed by atoms with Gasteiger partial charge in [0.2, 0.25) is 0 Å². The Labute approximate surface area is 118 Å². The molecule has 1 aliphatic rings. The maximum atomic E-state index is 13.5. The molecule has 0 radical (unpaired) electrons. The lowest BCUT2D eigenvalue weighted by molar-refractivity contribution is -0.141. The van der Waals surface area contributed by atoms with Crippen LogP contribution in [-0.4, -0.2) is 35.1 Å². The van der Waals surface area contributed by atoms with Crippen LogP contribution in [0.15, 0.2) is 12.1 Å². The fraction of sp³-hybridized carbons (Fsp3) is 0.333. The Bertz CT molecular complexity index is 545. The molecule has 5 nitrogen and oxygen atoms in total. The van der Waals surface area contributed by atoms with Gasteiger partial charge in [0.05, 0.1) is 16.6 Å². The number of likely N-dealkylation sites (tertiary alicyclic amines) is 1. The monoisotopic (exact) mass is 304 g/mol. The van der Waals surface area contributed by atoms with E-state index < -0.39 is 29.6 Å². The SMILES string of the molecule is O=C(O)C1CCN(C(=O)Nc2c(F)cc(F)cc2Cl)C1. The lowest BCUT2D eigenvalue weighted by atomic mass is 10.1.